The maximum Gasteiger partial charge on any atom is 0.419 e. The van der Waals surface area contributed by atoms with Crippen molar-refractivity contribution < 1.29 is 17.6 Å². The van der Waals surface area contributed by atoms with Crippen molar-refractivity contribution in [2.75, 3.05) is 0 Å². The van der Waals surface area contributed by atoms with Crippen LogP contribution in [0.1, 0.15) is 5.56 Å². The van der Waals surface area contributed by atoms with Crippen molar-refractivity contribution in [2.24, 2.45) is 0 Å². The highest BCUT2D eigenvalue weighted by atomic mass is 127. The van der Waals surface area contributed by atoms with Crippen LogP contribution >= 0.6 is 45.2 Å². The maximum absolute atomic E-state index is 12.9. The summed E-state index contributed by atoms with van der Waals surface area (Å²) in [6.07, 6.45) is -4.62. The van der Waals surface area contributed by atoms with E-state index >= 15 is 0 Å². The van der Waals surface area contributed by atoms with Gasteiger partial charge in [-0.3, -0.25) is 0 Å². The van der Waals surface area contributed by atoms with Crippen LogP contribution in [0.15, 0.2) is 12.1 Å². The van der Waals surface area contributed by atoms with Crippen molar-refractivity contribution in [3.63, 3.8) is 0 Å². The second-order valence-electron chi connectivity index (χ2n) is 2.25. The Morgan fingerprint density at radius 1 is 1.08 bits per heavy atom. The van der Waals surface area contributed by atoms with Crippen molar-refractivity contribution in [2.45, 2.75) is 6.18 Å². The standard InChI is InChI=1S/C7H2F4I2/c8-6-4(7(9,10)11)1-3(12)2-5(6)13/h1-2H. The molecule has 1 aromatic carbocycles. The molecule has 6 heteroatoms. The number of halogens is 6. The molecule has 0 unspecified atom stereocenters. The van der Waals surface area contributed by atoms with Crippen molar-refractivity contribution >= 4 is 45.2 Å². The van der Waals surface area contributed by atoms with Crippen molar-refractivity contribution in [1.82, 2.24) is 0 Å². The molecular formula is C7H2F4I2. The number of hydrogen-bond donors (Lipinski definition) is 0. The quantitative estimate of drug-likeness (QED) is 0.340. The molecule has 0 saturated heterocycles. The molecule has 0 radical (unpaired) electrons. The fraction of sp³-hybridized carbons (Fsp3) is 0.143. The van der Waals surface area contributed by atoms with Gasteiger partial charge in [0, 0.05) is 3.57 Å². The number of rotatable bonds is 0. The average Bonchev–Trinajstić information content (AvgIpc) is 1.94. The summed E-state index contributed by atoms with van der Waals surface area (Å²) in [5.74, 6) is -1.20. The summed E-state index contributed by atoms with van der Waals surface area (Å²) >= 11 is 3.25. The number of benzene rings is 1. The molecule has 0 aromatic heterocycles. The first-order chi connectivity index (χ1) is 5.82. The summed E-state index contributed by atoms with van der Waals surface area (Å²) in [4.78, 5) is 0. The van der Waals surface area contributed by atoms with Gasteiger partial charge < -0.3 is 0 Å². The van der Waals surface area contributed by atoms with Crippen LogP contribution in [-0.4, -0.2) is 0 Å². The van der Waals surface area contributed by atoms with Gasteiger partial charge >= 0.3 is 6.18 Å². The molecule has 0 aliphatic carbocycles. The Hall–Kier alpha value is 0.400. The highest BCUT2D eigenvalue weighted by Crippen LogP contribution is 2.34. The van der Waals surface area contributed by atoms with E-state index in [1.807, 2.05) is 0 Å². The Morgan fingerprint density at radius 2 is 1.62 bits per heavy atom. The van der Waals surface area contributed by atoms with Crippen LogP contribution in [0.2, 0.25) is 0 Å². The molecular weight excluding hydrogens is 414 g/mol. The summed E-state index contributed by atoms with van der Waals surface area (Å²) in [5, 5.41) is 0. The minimum atomic E-state index is -4.62. The summed E-state index contributed by atoms with van der Waals surface area (Å²) in [6.45, 7) is 0. The minimum absolute atomic E-state index is 0.0168. The molecule has 1 rings (SSSR count). The molecule has 0 aliphatic heterocycles. The molecule has 72 valence electrons. The molecule has 0 amide bonds. The zero-order chi connectivity index (χ0) is 10.2. The first kappa shape index (κ1) is 11.5. The highest BCUT2D eigenvalue weighted by Gasteiger charge is 2.35. The van der Waals surface area contributed by atoms with Gasteiger partial charge in [0.25, 0.3) is 0 Å². The van der Waals surface area contributed by atoms with Crippen molar-refractivity contribution in [3.05, 3.63) is 30.7 Å². The van der Waals surface area contributed by atoms with Crippen LogP contribution in [0.5, 0.6) is 0 Å². The predicted octanol–water partition coefficient (Wildman–Crippen LogP) is 4.05. The highest BCUT2D eigenvalue weighted by molar-refractivity contribution is 14.1. The van der Waals surface area contributed by atoms with E-state index < -0.39 is 17.6 Å². The third-order valence-corrected chi connectivity index (χ3v) is 2.71. The molecule has 0 heterocycles. The zero-order valence-electron chi connectivity index (χ0n) is 5.92. The van der Waals surface area contributed by atoms with Crippen molar-refractivity contribution in [1.29, 1.82) is 0 Å². The summed E-state index contributed by atoms with van der Waals surface area (Å²) in [5.41, 5.74) is -1.20. The lowest BCUT2D eigenvalue weighted by Gasteiger charge is -2.09. The molecule has 0 saturated carbocycles. The van der Waals surface area contributed by atoms with E-state index in [1.165, 1.54) is 28.7 Å². The lowest BCUT2D eigenvalue weighted by molar-refractivity contribution is -0.140. The molecule has 1 aromatic rings. The van der Waals surface area contributed by atoms with E-state index in [9.17, 15) is 17.6 Å². The molecule has 13 heavy (non-hydrogen) atoms. The van der Waals surface area contributed by atoms with Gasteiger partial charge in [0.2, 0.25) is 0 Å². The Labute approximate surface area is 99.0 Å². The first-order valence-corrected chi connectivity index (χ1v) is 5.20. The smallest absolute Gasteiger partial charge is 0.205 e. The van der Waals surface area contributed by atoms with E-state index in [2.05, 4.69) is 0 Å². The second kappa shape index (κ2) is 3.87. The van der Waals surface area contributed by atoms with Crippen LogP contribution in [0.3, 0.4) is 0 Å². The van der Waals surface area contributed by atoms with Gasteiger partial charge in [0.1, 0.15) is 5.82 Å². The molecule has 0 aliphatic rings. The normalized spacial score (nSPS) is 11.8. The van der Waals surface area contributed by atoms with E-state index in [-0.39, 0.29) is 3.57 Å². The number of alkyl halides is 3. The topological polar surface area (TPSA) is 0 Å². The molecule has 0 bridgehead atoms. The van der Waals surface area contributed by atoms with E-state index in [1.54, 1.807) is 22.6 Å². The summed E-state index contributed by atoms with van der Waals surface area (Å²) in [6, 6.07) is 2.14. The second-order valence-corrected chi connectivity index (χ2v) is 4.65. The SMILES string of the molecule is Fc1c(I)cc(I)cc1C(F)(F)F. The lowest BCUT2D eigenvalue weighted by atomic mass is 10.2. The van der Waals surface area contributed by atoms with Gasteiger partial charge in [0.15, 0.2) is 0 Å². The van der Waals surface area contributed by atoms with E-state index in [0.29, 0.717) is 3.57 Å². The Morgan fingerprint density at radius 3 is 2.08 bits per heavy atom. The third-order valence-electron chi connectivity index (χ3n) is 1.30. The first-order valence-electron chi connectivity index (χ1n) is 3.04. The van der Waals surface area contributed by atoms with E-state index in [0.717, 1.165) is 6.07 Å². The van der Waals surface area contributed by atoms with Gasteiger partial charge in [-0.2, -0.15) is 13.2 Å². The number of hydrogen-bond acceptors (Lipinski definition) is 0. The molecule has 0 fully saturated rings. The predicted molar refractivity (Wildman–Crippen MR) is 56.8 cm³/mol. The molecule has 0 spiro atoms. The maximum atomic E-state index is 12.9. The van der Waals surface area contributed by atoms with Gasteiger partial charge in [-0.1, -0.05) is 0 Å². The van der Waals surface area contributed by atoms with Gasteiger partial charge in [-0.25, -0.2) is 4.39 Å². The Kier molecular flexibility index (Phi) is 3.42. The average molecular weight is 416 g/mol. The van der Waals surface area contributed by atoms with Crippen LogP contribution in [0.25, 0.3) is 0 Å². The van der Waals surface area contributed by atoms with Crippen LogP contribution in [-0.2, 0) is 6.18 Å². The third kappa shape index (κ3) is 2.67. The Balaban J connectivity index is 3.37. The fourth-order valence-corrected chi connectivity index (χ4v) is 2.61. The summed E-state index contributed by atoms with van der Waals surface area (Å²) in [7, 11) is 0. The van der Waals surface area contributed by atoms with Crippen LogP contribution in [0, 0.1) is 13.0 Å². The van der Waals surface area contributed by atoms with Crippen molar-refractivity contribution in [3.8, 4) is 0 Å². The molecule has 0 N–H and O–H groups in total. The van der Waals surface area contributed by atoms with Crippen LogP contribution < -0.4 is 0 Å². The largest absolute Gasteiger partial charge is 0.419 e. The lowest BCUT2D eigenvalue weighted by Crippen LogP contribution is -2.09. The summed E-state index contributed by atoms with van der Waals surface area (Å²) < 4.78 is 49.8. The van der Waals surface area contributed by atoms with Gasteiger partial charge in [0.05, 0.1) is 9.13 Å². The van der Waals surface area contributed by atoms with E-state index in [4.69, 9.17) is 0 Å². The minimum Gasteiger partial charge on any atom is -0.205 e. The zero-order valence-corrected chi connectivity index (χ0v) is 10.2. The molecule has 0 nitrogen and oxygen atoms in total. The fourth-order valence-electron chi connectivity index (χ4n) is 0.762. The van der Waals surface area contributed by atoms with Gasteiger partial charge in [-0.05, 0) is 57.3 Å². The van der Waals surface area contributed by atoms with Crippen LogP contribution in [0.4, 0.5) is 17.6 Å². The monoisotopic (exact) mass is 416 g/mol. The Bertz CT molecular complexity index is 332. The van der Waals surface area contributed by atoms with Gasteiger partial charge in [-0.15, -0.1) is 0 Å². The molecule has 0 atom stereocenters.